The molecule has 0 aliphatic heterocycles. The number of nitrogen functional groups attached to an aromatic ring is 1. The number of pyridine rings is 2. The summed E-state index contributed by atoms with van der Waals surface area (Å²) in [4.78, 5) is 28.1. The van der Waals surface area contributed by atoms with E-state index in [1.165, 1.54) is 7.05 Å². The lowest BCUT2D eigenvalue weighted by Gasteiger charge is -2.14. The Balaban J connectivity index is 2.97. The number of rotatable bonds is 2. The molecule has 2 heterocycles. The number of nitrogens with one attached hydrogen (secondary N) is 1. The Kier molecular flexibility index (Phi) is 3.01. The van der Waals surface area contributed by atoms with Crippen LogP contribution in [0.5, 0.6) is 0 Å². The van der Waals surface area contributed by atoms with Crippen LogP contribution in [0.2, 0.25) is 0 Å². The van der Waals surface area contributed by atoms with Crippen LogP contribution in [0.3, 0.4) is 0 Å². The van der Waals surface area contributed by atoms with Gasteiger partial charge in [-0.25, -0.2) is 4.98 Å². The quantitative estimate of drug-likeness (QED) is 0.800. The van der Waals surface area contributed by atoms with E-state index in [4.69, 9.17) is 5.73 Å². The highest BCUT2D eigenvalue weighted by Gasteiger charge is 2.19. The molecule has 0 aliphatic carbocycles. The van der Waals surface area contributed by atoms with E-state index < -0.39 is 5.91 Å². The first-order chi connectivity index (χ1) is 8.61. The molecule has 18 heavy (non-hydrogen) atoms. The number of anilines is 1. The molecule has 2 aromatic rings. The molecule has 0 spiro atoms. The first kappa shape index (κ1) is 12.1. The molecule has 2 rings (SSSR count). The van der Waals surface area contributed by atoms with Crippen molar-refractivity contribution in [3.8, 4) is 0 Å². The van der Waals surface area contributed by atoms with Gasteiger partial charge in [-0.2, -0.15) is 0 Å². The van der Waals surface area contributed by atoms with Crippen LogP contribution in [-0.2, 0) is 6.54 Å². The van der Waals surface area contributed by atoms with E-state index in [-0.39, 0.29) is 16.8 Å². The Labute approximate surface area is 103 Å². The second-order valence-corrected chi connectivity index (χ2v) is 3.79. The molecule has 0 saturated heterocycles. The molecule has 6 nitrogen and oxygen atoms in total. The first-order valence-corrected chi connectivity index (χ1v) is 5.60. The molecule has 94 valence electrons. The Bertz CT molecular complexity index is 676. The third kappa shape index (κ3) is 1.62. The van der Waals surface area contributed by atoms with Crippen LogP contribution in [0, 0.1) is 0 Å². The van der Waals surface area contributed by atoms with E-state index in [0.717, 1.165) is 0 Å². The number of aryl methyl sites for hydroxylation is 1. The predicted molar refractivity (Wildman–Crippen MR) is 69.5 cm³/mol. The fraction of sp³-hybridized carbons (Fsp3) is 0.250. The second-order valence-electron chi connectivity index (χ2n) is 3.79. The highest BCUT2D eigenvalue weighted by molar-refractivity contribution is 6.01. The van der Waals surface area contributed by atoms with E-state index >= 15 is 0 Å². The molecule has 0 bridgehead atoms. The Hall–Kier alpha value is -2.37. The summed E-state index contributed by atoms with van der Waals surface area (Å²) in [6.45, 7) is 2.41. The van der Waals surface area contributed by atoms with Gasteiger partial charge in [-0.3, -0.25) is 9.59 Å². The fourth-order valence-electron chi connectivity index (χ4n) is 1.95. The zero-order valence-electron chi connectivity index (χ0n) is 10.2. The SMILES string of the molecule is CCn1c(N)c(C(=O)NC)c(=O)c2cccnc21. The monoisotopic (exact) mass is 246 g/mol. The zero-order chi connectivity index (χ0) is 13.3. The number of hydrogen-bond donors (Lipinski definition) is 2. The van der Waals surface area contributed by atoms with Gasteiger partial charge < -0.3 is 15.6 Å². The Morgan fingerprint density at radius 3 is 2.89 bits per heavy atom. The van der Waals surface area contributed by atoms with Gasteiger partial charge >= 0.3 is 0 Å². The normalized spacial score (nSPS) is 10.6. The van der Waals surface area contributed by atoms with Crippen molar-refractivity contribution in [2.75, 3.05) is 12.8 Å². The minimum Gasteiger partial charge on any atom is -0.384 e. The van der Waals surface area contributed by atoms with E-state index in [9.17, 15) is 9.59 Å². The summed E-state index contributed by atoms with van der Waals surface area (Å²) in [5, 5.41) is 2.82. The van der Waals surface area contributed by atoms with Crippen molar-refractivity contribution in [3.05, 3.63) is 34.1 Å². The maximum Gasteiger partial charge on any atom is 0.258 e. The summed E-state index contributed by atoms with van der Waals surface area (Å²) in [5.41, 5.74) is 5.98. The molecule has 0 unspecified atom stereocenters. The number of nitrogens with zero attached hydrogens (tertiary/aromatic N) is 2. The maximum atomic E-state index is 12.2. The number of carbonyl (C=O) groups is 1. The molecule has 2 aromatic heterocycles. The number of nitrogens with two attached hydrogens (primary N) is 1. The maximum absolute atomic E-state index is 12.2. The molecular weight excluding hydrogens is 232 g/mol. The van der Waals surface area contributed by atoms with Crippen molar-refractivity contribution in [3.63, 3.8) is 0 Å². The van der Waals surface area contributed by atoms with Crippen LogP contribution in [0.15, 0.2) is 23.1 Å². The average Bonchev–Trinajstić information content (AvgIpc) is 2.39. The van der Waals surface area contributed by atoms with Crippen molar-refractivity contribution < 1.29 is 4.79 Å². The van der Waals surface area contributed by atoms with Gasteiger partial charge in [-0.15, -0.1) is 0 Å². The van der Waals surface area contributed by atoms with E-state index in [1.807, 2.05) is 6.92 Å². The van der Waals surface area contributed by atoms with Gasteiger partial charge in [0.15, 0.2) is 0 Å². The van der Waals surface area contributed by atoms with Gasteiger partial charge in [0, 0.05) is 19.8 Å². The van der Waals surface area contributed by atoms with Gasteiger partial charge in [0.1, 0.15) is 17.0 Å². The molecule has 3 N–H and O–H groups in total. The third-order valence-corrected chi connectivity index (χ3v) is 2.83. The van der Waals surface area contributed by atoms with E-state index in [0.29, 0.717) is 17.6 Å². The number of amides is 1. The molecule has 6 heteroatoms. The summed E-state index contributed by atoms with van der Waals surface area (Å²) >= 11 is 0. The number of aromatic nitrogens is 2. The first-order valence-electron chi connectivity index (χ1n) is 5.60. The van der Waals surface area contributed by atoms with Gasteiger partial charge in [0.25, 0.3) is 5.91 Å². The highest BCUT2D eigenvalue weighted by atomic mass is 16.2. The van der Waals surface area contributed by atoms with Gasteiger partial charge in [-0.05, 0) is 19.1 Å². The van der Waals surface area contributed by atoms with Crippen LogP contribution in [-0.4, -0.2) is 22.5 Å². The zero-order valence-corrected chi connectivity index (χ0v) is 10.2. The molecular formula is C12H14N4O2. The summed E-state index contributed by atoms with van der Waals surface area (Å²) in [7, 11) is 1.46. The predicted octanol–water partition coefficient (Wildman–Crippen LogP) is 0.358. The molecule has 0 fully saturated rings. The summed E-state index contributed by atoms with van der Waals surface area (Å²) in [6, 6.07) is 3.30. The standard InChI is InChI=1S/C12H14N4O2/c1-3-16-10(13)8(12(18)14-2)9(17)7-5-4-6-15-11(7)16/h4-6H,3,13H2,1-2H3,(H,14,18). The Morgan fingerprint density at radius 2 is 2.28 bits per heavy atom. The second kappa shape index (κ2) is 4.48. The van der Waals surface area contributed by atoms with Gasteiger partial charge in [0.2, 0.25) is 5.43 Å². The number of hydrogen-bond acceptors (Lipinski definition) is 4. The summed E-state index contributed by atoms with van der Waals surface area (Å²) in [6.07, 6.45) is 1.59. The van der Waals surface area contributed by atoms with Crippen LogP contribution in [0.1, 0.15) is 17.3 Å². The van der Waals surface area contributed by atoms with Crippen molar-refractivity contribution >= 4 is 22.8 Å². The molecule has 0 radical (unpaired) electrons. The van der Waals surface area contributed by atoms with Crippen molar-refractivity contribution in [1.29, 1.82) is 0 Å². The smallest absolute Gasteiger partial charge is 0.258 e. The minimum atomic E-state index is -0.481. The van der Waals surface area contributed by atoms with Crippen molar-refractivity contribution in [1.82, 2.24) is 14.9 Å². The Morgan fingerprint density at radius 1 is 1.56 bits per heavy atom. The molecule has 0 saturated carbocycles. The van der Waals surface area contributed by atoms with Crippen LogP contribution >= 0.6 is 0 Å². The lowest BCUT2D eigenvalue weighted by atomic mass is 10.1. The van der Waals surface area contributed by atoms with Gasteiger partial charge in [0.05, 0.1) is 5.39 Å². The molecule has 0 aromatic carbocycles. The topological polar surface area (TPSA) is 90.0 Å². The molecule has 1 amide bonds. The highest BCUT2D eigenvalue weighted by Crippen LogP contribution is 2.16. The molecule has 0 atom stereocenters. The van der Waals surface area contributed by atoms with Gasteiger partial charge in [-0.1, -0.05) is 0 Å². The van der Waals surface area contributed by atoms with Crippen molar-refractivity contribution in [2.24, 2.45) is 0 Å². The molecule has 0 aliphatic rings. The van der Waals surface area contributed by atoms with Crippen LogP contribution in [0.4, 0.5) is 5.82 Å². The van der Waals surface area contributed by atoms with Crippen LogP contribution < -0.4 is 16.5 Å². The summed E-state index contributed by atoms with van der Waals surface area (Å²) in [5.74, 6) is -0.335. The van der Waals surface area contributed by atoms with Crippen LogP contribution in [0.25, 0.3) is 11.0 Å². The van der Waals surface area contributed by atoms with E-state index in [2.05, 4.69) is 10.3 Å². The summed E-state index contributed by atoms with van der Waals surface area (Å²) < 4.78 is 1.65. The number of fused-ring (bicyclic) bond motifs is 1. The average molecular weight is 246 g/mol. The third-order valence-electron chi connectivity index (χ3n) is 2.83. The fourth-order valence-corrected chi connectivity index (χ4v) is 1.95. The minimum absolute atomic E-state index is 0.0279. The van der Waals surface area contributed by atoms with Crippen molar-refractivity contribution in [2.45, 2.75) is 13.5 Å². The largest absolute Gasteiger partial charge is 0.384 e. The lowest BCUT2D eigenvalue weighted by molar-refractivity contribution is 0.0962. The number of carbonyl (C=O) groups excluding carboxylic acids is 1. The lowest BCUT2D eigenvalue weighted by Crippen LogP contribution is -2.30. The van der Waals surface area contributed by atoms with E-state index in [1.54, 1.807) is 22.9 Å².